The first-order chi connectivity index (χ1) is 9.43. The molecule has 1 aliphatic heterocycles. The molecular formula is C17H28N2O. The van der Waals surface area contributed by atoms with Gasteiger partial charge in [0.15, 0.2) is 0 Å². The largest absolute Gasteiger partial charge is 0.388 e. The normalized spacial score (nSPS) is 19.1. The lowest BCUT2D eigenvalue weighted by Gasteiger charge is -2.43. The van der Waals surface area contributed by atoms with Crippen LogP contribution in [0.3, 0.4) is 0 Å². The SMILES string of the molecule is CC[C@@H](O)c1ccccc1N1CCN(C(C)(C)C)CC1. The third-order valence-electron chi connectivity index (χ3n) is 4.25. The minimum atomic E-state index is -0.355. The molecule has 0 amide bonds. The topological polar surface area (TPSA) is 26.7 Å². The van der Waals surface area contributed by atoms with E-state index in [1.165, 1.54) is 5.69 Å². The third kappa shape index (κ3) is 3.33. The molecule has 0 unspecified atom stereocenters. The summed E-state index contributed by atoms with van der Waals surface area (Å²) in [6, 6.07) is 8.28. The summed E-state index contributed by atoms with van der Waals surface area (Å²) in [7, 11) is 0. The number of rotatable bonds is 3. The number of anilines is 1. The smallest absolute Gasteiger partial charge is 0.0807 e. The summed E-state index contributed by atoms with van der Waals surface area (Å²) < 4.78 is 0. The lowest BCUT2D eigenvalue weighted by Crippen LogP contribution is -2.53. The molecule has 112 valence electrons. The molecule has 1 saturated heterocycles. The number of piperazine rings is 1. The highest BCUT2D eigenvalue weighted by Crippen LogP contribution is 2.29. The van der Waals surface area contributed by atoms with Crippen LogP contribution in [0.2, 0.25) is 0 Å². The van der Waals surface area contributed by atoms with Crippen molar-refractivity contribution in [3.8, 4) is 0 Å². The molecule has 0 saturated carbocycles. The maximum Gasteiger partial charge on any atom is 0.0807 e. The van der Waals surface area contributed by atoms with Crippen molar-refractivity contribution < 1.29 is 5.11 Å². The number of hydrogen-bond donors (Lipinski definition) is 1. The van der Waals surface area contributed by atoms with Gasteiger partial charge in [-0.25, -0.2) is 0 Å². The van der Waals surface area contributed by atoms with E-state index >= 15 is 0 Å². The fraction of sp³-hybridized carbons (Fsp3) is 0.647. The van der Waals surface area contributed by atoms with E-state index < -0.39 is 0 Å². The van der Waals surface area contributed by atoms with Gasteiger partial charge < -0.3 is 10.0 Å². The van der Waals surface area contributed by atoms with Crippen LogP contribution < -0.4 is 4.90 Å². The molecule has 1 heterocycles. The van der Waals surface area contributed by atoms with E-state index in [2.05, 4.69) is 48.8 Å². The number of para-hydroxylation sites is 1. The van der Waals surface area contributed by atoms with E-state index in [0.717, 1.165) is 38.2 Å². The molecule has 1 aliphatic rings. The molecule has 2 rings (SSSR count). The van der Waals surface area contributed by atoms with E-state index in [1.54, 1.807) is 0 Å². The molecule has 0 radical (unpaired) electrons. The average molecular weight is 276 g/mol. The quantitative estimate of drug-likeness (QED) is 0.919. The van der Waals surface area contributed by atoms with Crippen molar-refractivity contribution in [3.05, 3.63) is 29.8 Å². The summed E-state index contributed by atoms with van der Waals surface area (Å²) in [5, 5.41) is 10.2. The molecule has 1 aromatic carbocycles. The van der Waals surface area contributed by atoms with Crippen molar-refractivity contribution in [2.24, 2.45) is 0 Å². The van der Waals surface area contributed by atoms with Crippen LogP contribution in [-0.4, -0.2) is 41.7 Å². The summed E-state index contributed by atoms with van der Waals surface area (Å²) in [6.07, 6.45) is 0.408. The highest BCUT2D eigenvalue weighted by molar-refractivity contribution is 5.55. The Morgan fingerprint density at radius 2 is 1.70 bits per heavy atom. The van der Waals surface area contributed by atoms with Crippen LogP contribution in [0.15, 0.2) is 24.3 Å². The van der Waals surface area contributed by atoms with Crippen molar-refractivity contribution in [1.29, 1.82) is 0 Å². The molecule has 0 aromatic heterocycles. The Labute approximate surface area is 123 Å². The second-order valence-corrected chi connectivity index (χ2v) is 6.63. The van der Waals surface area contributed by atoms with Crippen molar-refractivity contribution in [3.63, 3.8) is 0 Å². The maximum absolute atomic E-state index is 10.2. The zero-order valence-electron chi connectivity index (χ0n) is 13.3. The molecule has 1 fully saturated rings. The Kier molecular flexibility index (Phi) is 4.71. The highest BCUT2D eigenvalue weighted by Gasteiger charge is 2.27. The lowest BCUT2D eigenvalue weighted by molar-refractivity contribution is 0.128. The predicted octanol–water partition coefficient (Wildman–Crippen LogP) is 3.05. The maximum atomic E-state index is 10.2. The summed E-state index contributed by atoms with van der Waals surface area (Å²) in [6.45, 7) is 13.1. The summed E-state index contributed by atoms with van der Waals surface area (Å²) in [5.74, 6) is 0. The van der Waals surface area contributed by atoms with E-state index in [4.69, 9.17) is 0 Å². The molecule has 0 spiro atoms. The molecule has 0 bridgehead atoms. The molecule has 20 heavy (non-hydrogen) atoms. The Hall–Kier alpha value is -1.06. The van der Waals surface area contributed by atoms with Gasteiger partial charge >= 0.3 is 0 Å². The molecule has 3 nitrogen and oxygen atoms in total. The molecule has 3 heteroatoms. The van der Waals surface area contributed by atoms with Gasteiger partial charge in [0, 0.05) is 43.0 Å². The van der Waals surface area contributed by atoms with E-state index in [-0.39, 0.29) is 11.6 Å². The van der Waals surface area contributed by atoms with Gasteiger partial charge in [0.1, 0.15) is 0 Å². The summed E-state index contributed by atoms with van der Waals surface area (Å²) >= 11 is 0. The predicted molar refractivity (Wildman–Crippen MR) is 85.2 cm³/mol. The van der Waals surface area contributed by atoms with Gasteiger partial charge in [0.25, 0.3) is 0 Å². The standard InChI is InChI=1S/C17H28N2O/c1-5-16(20)14-8-6-7-9-15(14)18-10-12-19(13-11-18)17(2,3)4/h6-9,16,20H,5,10-13H2,1-4H3/t16-/m1/s1. The van der Waals surface area contributed by atoms with Crippen LogP contribution in [0.1, 0.15) is 45.8 Å². The Morgan fingerprint density at radius 1 is 1.10 bits per heavy atom. The zero-order valence-corrected chi connectivity index (χ0v) is 13.3. The summed E-state index contributed by atoms with van der Waals surface area (Å²) in [4.78, 5) is 4.94. The molecule has 1 aromatic rings. The number of aliphatic hydroxyl groups is 1. The van der Waals surface area contributed by atoms with Crippen LogP contribution >= 0.6 is 0 Å². The first-order valence-corrected chi connectivity index (χ1v) is 7.70. The van der Waals surface area contributed by atoms with Gasteiger partial charge in [-0.05, 0) is 33.3 Å². The average Bonchev–Trinajstić information content (AvgIpc) is 2.45. The minimum Gasteiger partial charge on any atom is -0.388 e. The second-order valence-electron chi connectivity index (χ2n) is 6.63. The minimum absolute atomic E-state index is 0.245. The van der Waals surface area contributed by atoms with Gasteiger partial charge in [-0.15, -0.1) is 0 Å². The molecule has 1 atom stereocenters. The zero-order chi connectivity index (χ0) is 14.8. The van der Waals surface area contributed by atoms with Gasteiger partial charge in [0.05, 0.1) is 6.10 Å². The van der Waals surface area contributed by atoms with Crippen LogP contribution in [0.25, 0.3) is 0 Å². The van der Waals surface area contributed by atoms with Crippen molar-refractivity contribution in [1.82, 2.24) is 4.90 Å². The molecule has 0 aliphatic carbocycles. The first kappa shape index (κ1) is 15.3. The van der Waals surface area contributed by atoms with Crippen LogP contribution in [0, 0.1) is 0 Å². The van der Waals surface area contributed by atoms with Crippen LogP contribution in [0.4, 0.5) is 5.69 Å². The summed E-state index contributed by atoms with van der Waals surface area (Å²) in [5.41, 5.74) is 2.52. The Morgan fingerprint density at radius 3 is 2.25 bits per heavy atom. The first-order valence-electron chi connectivity index (χ1n) is 7.70. The number of hydrogen-bond acceptors (Lipinski definition) is 3. The second kappa shape index (κ2) is 6.15. The van der Waals surface area contributed by atoms with Gasteiger partial charge in [-0.1, -0.05) is 25.1 Å². The van der Waals surface area contributed by atoms with Gasteiger partial charge in [-0.2, -0.15) is 0 Å². The third-order valence-corrected chi connectivity index (χ3v) is 4.25. The highest BCUT2D eigenvalue weighted by atomic mass is 16.3. The van der Waals surface area contributed by atoms with E-state index in [0.29, 0.717) is 0 Å². The monoisotopic (exact) mass is 276 g/mol. The van der Waals surface area contributed by atoms with Crippen molar-refractivity contribution in [2.45, 2.75) is 45.8 Å². The van der Waals surface area contributed by atoms with Crippen molar-refractivity contribution in [2.75, 3.05) is 31.1 Å². The number of nitrogens with zero attached hydrogens (tertiary/aromatic N) is 2. The van der Waals surface area contributed by atoms with Gasteiger partial charge in [0.2, 0.25) is 0 Å². The number of aliphatic hydroxyl groups excluding tert-OH is 1. The fourth-order valence-electron chi connectivity index (χ4n) is 2.90. The van der Waals surface area contributed by atoms with Crippen molar-refractivity contribution >= 4 is 5.69 Å². The molecule has 1 N–H and O–H groups in total. The lowest BCUT2D eigenvalue weighted by atomic mass is 10.0. The van der Waals surface area contributed by atoms with Crippen LogP contribution in [0.5, 0.6) is 0 Å². The molecular weight excluding hydrogens is 248 g/mol. The van der Waals surface area contributed by atoms with Crippen LogP contribution in [-0.2, 0) is 0 Å². The van der Waals surface area contributed by atoms with Gasteiger partial charge in [-0.3, -0.25) is 4.90 Å². The Bertz CT molecular complexity index is 431. The Balaban J connectivity index is 2.11. The van der Waals surface area contributed by atoms with E-state index in [1.807, 2.05) is 13.0 Å². The fourth-order valence-corrected chi connectivity index (χ4v) is 2.90. The number of benzene rings is 1. The van der Waals surface area contributed by atoms with E-state index in [9.17, 15) is 5.11 Å².